The van der Waals surface area contributed by atoms with E-state index >= 15 is 0 Å². The summed E-state index contributed by atoms with van der Waals surface area (Å²) in [5.41, 5.74) is 2.08. The monoisotopic (exact) mass is 394 g/mol. The van der Waals surface area contributed by atoms with E-state index in [0.717, 1.165) is 11.3 Å². The van der Waals surface area contributed by atoms with E-state index in [-0.39, 0.29) is 24.8 Å². The standard InChI is InChI=1S/C19H20Cl2N2O3/c1-12-10-14(20)4-6-17(12)23(13(2)24)9-8-19(25)22-16-11-15(21)5-7-18(16)26-3/h4-7,10-11H,8-9H2,1-3H3,(H,22,25). The number of aryl methyl sites for hydroxylation is 1. The van der Waals surface area contributed by atoms with Gasteiger partial charge in [0.2, 0.25) is 11.8 Å². The number of halogens is 2. The predicted octanol–water partition coefficient (Wildman–Crippen LogP) is 4.69. The second kappa shape index (κ2) is 8.92. The summed E-state index contributed by atoms with van der Waals surface area (Å²) in [6.45, 7) is 3.58. The number of benzene rings is 2. The minimum atomic E-state index is -0.247. The van der Waals surface area contributed by atoms with Crippen molar-refractivity contribution in [2.45, 2.75) is 20.3 Å². The highest BCUT2D eigenvalue weighted by Gasteiger charge is 2.16. The number of carbonyl (C=O) groups excluding carboxylic acids is 2. The van der Waals surface area contributed by atoms with Gasteiger partial charge in [-0.15, -0.1) is 0 Å². The first-order valence-corrected chi connectivity index (χ1v) is 8.75. The van der Waals surface area contributed by atoms with E-state index < -0.39 is 0 Å². The lowest BCUT2D eigenvalue weighted by Gasteiger charge is -2.23. The molecule has 26 heavy (non-hydrogen) atoms. The molecule has 0 spiro atoms. The van der Waals surface area contributed by atoms with Crippen molar-refractivity contribution in [2.24, 2.45) is 0 Å². The Kier molecular flexibility index (Phi) is 6.89. The lowest BCUT2D eigenvalue weighted by molar-refractivity contribution is -0.117. The molecular weight excluding hydrogens is 375 g/mol. The van der Waals surface area contributed by atoms with Crippen LogP contribution in [0.4, 0.5) is 11.4 Å². The minimum Gasteiger partial charge on any atom is -0.495 e. The topological polar surface area (TPSA) is 58.6 Å². The van der Waals surface area contributed by atoms with Crippen LogP contribution < -0.4 is 15.0 Å². The number of ether oxygens (including phenoxy) is 1. The molecule has 0 unspecified atom stereocenters. The first kappa shape index (κ1) is 20.1. The molecule has 0 fully saturated rings. The highest BCUT2D eigenvalue weighted by molar-refractivity contribution is 6.31. The van der Waals surface area contributed by atoms with Crippen LogP contribution in [-0.4, -0.2) is 25.5 Å². The van der Waals surface area contributed by atoms with Crippen LogP contribution in [0.15, 0.2) is 36.4 Å². The van der Waals surface area contributed by atoms with E-state index in [1.807, 2.05) is 6.92 Å². The van der Waals surface area contributed by atoms with Crippen LogP contribution in [0.2, 0.25) is 10.0 Å². The van der Waals surface area contributed by atoms with Gasteiger partial charge in [-0.3, -0.25) is 9.59 Å². The average molecular weight is 395 g/mol. The van der Waals surface area contributed by atoms with Gasteiger partial charge in [0.1, 0.15) is 5.75 Å². The zero-order valence-corrected chi connectivity index (χ0v) is 16.3. The van der Waals surface area contributed by atoms with Crippen molar-refractivity contribution in [3.63, 3.8) is 0 Å². The Labute approximate surface area is 162 Å². The summed E-state index contributed by atoms with van der Waals surface area (Å²) in [4.78, 5) is 25.9. The number of amides is 2. The normalized spacial score (nSPS) is 10.3. The zero-order chi connectivity index (χ0) is 19.3. The maximum Gasteiger partial charge on any atom is 0.226 e. The molecular formula is C19H20Cl2N2O3. The molecule has 0 atom stereocenters. The Morgan fingerprint density at radius 1 is 1.12 bits per heavy atom. The molecule has 0 aliphatic carbocycles. The summed E-state index contributed by atoms with van der Waals surface area (Å²) in [7, 11) is 1.51. The lowest BCUT2D eigenvalue weighted by Crippen LogP contribution is -2.32. The molecule has 0 bridgehead atoms. The predicted molar refractivity (Wildman–Crippen MR) is 105 cm³/mol. The molecule has 138 valence electrons. The first-order chi connectivity index (χ1) is 12.3. The Morgan fingerprint density at radius 2 is 1.77 bits per heavy atom. The van der Waals surface area contributed by atoms with E-state index in [2.05, 4.69) is 5.32 Å². The van der Waals surface area contributed by atoms with Crippen LogP contribution in [-0.2, 0) is 9.59 Å². The van der Waals surface area contributed by atoms with Crippen molar-refractivity contribution < 1.29 is 14.3 Å². The molecule has 2 aromatic rings. The third-order valence-corrected chi connectivity index (χ3v) is 4.30. The van der Waals surface area contributed by atoms with Crippen LogP contribution in [0.1, 0.15) is 18.9 Å². The van der Waals surface area contributed by atoms with Gasteiger partial charge in [-0.25, -0.2) is 0 Å². The summed E-state index contributed by atoms with van der Waals surface area (Å²) in [5, 5.41) is 3.85. The van der Waals surface area contributed by atoms with Gasteiger partial charge in [0.15, 0.2) is 0 Å². The minimum absolute atomic E-state index is 0.122. The molecule has 0 radical (unpaired) electrons. The highest BCUT2D eigenvalue weighted by Crippen LogP contribution is 2.28. The third-order valence-electron chi connectivity index (χ3n) is 3.83. The van der Waals surface area contributed by atoms with Gasteiger partial charge in [0.05, 0.1) is 12.8 Å². The van der Waals surface area contributed by atoms with Gasteiger partial charge in [-0.05, 0) is 48.9 Å². The molecule has 1 N–H and O–H groups in total. The molecule has 2 amide bonds. The summed E-state index contributed by atoms with van der Waals surface area (Å²) < 4.78 is 5.21. The van der Waals surface area contributed by atoms with E-state index in [4.69, 9.17) is 27.9 Å². The number of anilines is 2. The van der Waals surface area contributed by atoms with E-state index in [1.54, 1.807) is 41.3 Å². The zero-order valence-electron chi connectivity index (χ0n) is 14.8. The summed E-state index contributed by atoms with van der Waals surface area (Å²) in [6, 6.07) is 10.2. The first-order valence-electron chi connectivity index (χ1n) is 7.99. The van der Waals surface area contributed by atoms with Crippen molar-refractivity contribution in [1.82, 2.24) is 0 Å². The molecule has 0 saturated carbocycles. The maximum atomic E-state index is 12.3. The molecule has 0 saturated heterocycles. The molecule has 7 heteroatoms. The van der Waals surface area contributed by atoms with Crippen LogP contribution >= 0.6 is 23.2 Å². The van der Waals surface area contributed by atoms with Crippen LogP contribution in [0.5, 0.6) is 5.75 Å². The smallest absolute Gasteiger partial charge is 0.226 e. The Balaban J connectivity index is 2.08. The summed E-state index contributed by atoms with van der Waals surface area (Å²) >= 11 is 11.9. The number of rotatable bonds is 6. The van der Waals surface area contributed by atoms with Crippen LogP contribution in [0.3, 0.4) is 0 Å². The highest BCUT2D eigenvalue weighted by atomic mass is 35.5. The number of nitrogens with one attached hydrogen (secondary N) is 1. The fourth-order valence-electron chi connectivity index (χ4n) is 2.57. The Morgan fingerprint density at radius 3 is 2.38 bits per heavy atom. The quantitative estimate of drug-likeness (QED) is 0.772. The SMILES string of the molecule is COc1ccc(Cl)cc1NC(=O)CCN(C(C)=O)c1ccc(Cl)cc1C. The Bertz CT molecular complexity index is 824. The van der Waals surface area contributed by atoms with Gasteiger partial charge >= 0.3 is 0 Å². The number of carbonyl (C=O) groups is 2. The van der Waals surface area contributed by atoms with E-state index in [1.165, 1.54) is 14.0 Å². The molecule has 2 rings (SSSR count). The molecule has 0 aliphatic heterocycles. The van der Waals surface area contributed by atoms with E-state index in [9.17, 15) is 9.59 Å². The average Bonchev–Trinajstić information content (AvgIpc) is 2.56. The molecule has 0 heterocycles. The number of methoxy groups -OCH3 is 1. The Hall–Kier alpha value is -2.24. The summed E-state index contributed by atoms with van der Waals surface area (Å²) in [6.07, 6.45) is 0.122. The van der Waals surface area contributed by atoms with Crippen molar-refractivity contribution in [2.75, 3.05) is 23.9 Å². The van der Waals surface area contributed by atoms with E-state index in [0.29, 0.717) is 21.5 Å². The number of hydrogen-bond donors (Lipinski definition) is 1. The lowest BCUT2D eigenvalue weighted by atomic mass is 10.1. The van der Waals surface area contributed by atoms with Gasteiger partial charge < -0.3 is 15.0 Å². The third kappa shape index (κ3) is 5.13. The van der Waals surface area contributed by atoms with Crippen molar-refractivity contribution in [1.29, 1.82) is 0 Å². The van der Waals surface area contributed by atoms with Gasteiger partial charge in [0, 0.05) is 35.6 Å². The maximum absolute atomic E-state index is 12.3. The van der Waals surface area contributed by atoms with Gasteiger partial charge in [-0.1, -0.05) is 23.2 Å². The fourth-order valence-corrected chi connectivity index (χ4v) is 2.97. The number of hydrogen-bond acceptors (Lipinski definition) is 3. The molecule has 2 aromatic carbocycles. The summed E-state index contributed by atoms with van der Waals surface area (Å²) in [5.74, 6) is 0.117. The number of nitrogens with zero attached hydrogens (tertiary/aromatic N) is 1. The van der Waals surface area contributed by atoms with Crippen molar-refractivity contribution in [3.05, 3.63) is 52.0 Å². The molecule has 0 aromatic heterocycles. The molecule has 5 nitrogen and oxygen atoms in total. The van der Waals surface area contributed by atoms with Crippen LogP contribution in [0.25, 0.3) is 0 Å². The second-order valence-electron chi connectivity index (χ2n) is 5.74. The second-order valence-corrected chi connectivity index (χ2v) is 6.62. The largest absolute Gasteiger partial charge is 0.495 e. The van der Waals surface area contributed by atoms with Crippen LogP contribution in [0, 0.1) is 6.92 Å². The van der Waals surface area contributed by atoms with Crippen molar-refractivity contribution in [3.8, 4) is 5.75 Å². The fraction of sp³-hybridized carbons (Fsp3) is 0.263. The van der Waals surface area contributed by atoms with Crippen molar-refractivity contribution >= 4 is 46.4 Å². The van der Waals surface area contributed by atoms with Gasteiger partial charge in [-0.2, -0.15) is 0 Å². The molecule has 0 aliphatic rings. The van der Waals surface area contributed by atoms with Gasteiger partial charge in [0.25, 0.3) is 0 Å².